The summed E-state index contributed by atoms with van der Waals surface area (Å²) in [6.07, 6.45) is 0. The smallest absolute Gasteiger partial charge is 0.278 e. The van der Waals surface area contributed by atoms with Crippen LogP contribution in [0.4, 0.5) is 5.69 Å². The Morgan fingerprint density at radius 2 is 1.55 bits per heavy atom. The van der Waals surface area contributed by atoms with Crippen LogP contribution in [0.15, 0.2) is 42.1 Å². The van der Waals surface area contributed by atoms with E-state index in [-0.39, 0.29) is 22.3 Å². The van der Waals surface area contributed by atoms with Crippen LogP contribution in [0.3, 0.4) is 0 Å². The van der Waals surface area contributed by atoms with Crippen LogP contribution in [0.25, 0.3) is 5.57 Å². The highest BCUT2D eigenvalue weighted by molar-refractivity contribution is 6.41. The summed E-state index contributed by atoms with van der Waals surface area (Å²) in [5.41, 5.74) is 1.27. The molecule has 0 spiro atoms. The summed E-state index contributed by atoms with van der Waals surface area (Å²) in [7, 11) is 3.06. The summed E-state index contributed by atoms with van der Waals surface area (Å²) >= 11 is 12.3. The van der Waals surface area contributed by atoms with Crippen LogP contribution in [0.2, 0.25) is 10.0 Å². The lowest BCUT2D eigenvalue weighted by molar-refractivity contribution is -0.138. The molecule has 0 aliphatic carbocycles. The molecule has 3 rings (SSSR count). The van der Waals surface area contributed by atoms with E-state index in [0.29, 0.717) is 27.8 Å². The second-order valence-electron chi connectivity index (χ2n) is 6.67. The third kappa shape index (κ3) is 4.04. The number of nitrogens with zero attached hydrogens (tertiary/aromatic N) is 1. The van der Waals surface area contributed by atoms with E-state index in [2.05, 4.69) is 5.32 Å². The zero-order valence-electron chi connectivity index (χ0n) is 16.4. The van der Waals surface area contributed by atoms with Crippen molar-refractivity contribution < 1.29 is 19.1 Å². The Bertz CT molecular complexity index is 995. The number of nitrogens with one attached hydrogen (secondary N) is 1. The molecule has 1 aliphatic heterocycles. The molecule has 8 heteroatoms. The number of rotatable bonds is 6. The number of carbonyl (C=O) groups excluding carboxylic acids is 2. The van der Waals surface area contributed by atoms with Crippen molar-refractivity contribution in [3.05, 3.63) is 57.7 Å². The third-order valence-corrected chi connectivity index (χ3v) is 5.00. The van der Waals surface area contributed by atoms with Gasteiger partial charge >= 0.3 is 0 Å². The fourth-order valence-corrected chi connectivity index (χ4v) is 3.60. The van der Waals surface area contributed by atoms with Crippen molar-refractivity contribution >= 4 is 46.3 Å². The third-order valence-electron chi connectivity index (χ3n) is 4.45. The topological polar surface area (TPSA) is 67.9 Å². The second kappa shape index (κ2) is 8.35. The van der Waals surface area contributed by atoms with Crippen LogP contribution in [-0.2, 0) is 9.59 Å². The summed E-state index contributed by atoms with van der Waals surface area (Å²) in [6.45, 7) is 3.54. The Morgan fingerprint density at radius 1 is 0.931 bits per heavy atom. The fraction of sp³-hybridized carbons (Fsp3) is 0.238. The van der Waals surface area contributed by atoms with Crippen LogP contribution in [-0.4, -0.2) is 37.0 Å². The van der Waals surface area contributed by atoms with E-state index in [9.17, 15) is 9.59 Å². The molecule has 1 heterocycles. The quantitative estimate of drug-likeness (QED) is 0.672. The van der Waals surface area contributed by atoms with Gasteiger partial charge in [-0.05, 0) is 26.0 Å². The van der Waals surface area contributed by atoms with Crippen LogP contribution in [0, 0.1) is 0 Å². The minimum absolute atomic E-state index is 0.128. The number of hydrogen-bond acceptors (Lipinski definition) is 5. The van der Waals surface area contributed by atoms with Crippen molar-refractivity contribution in [1.29, 1.82) is 0 Å². The zero-order chi connectivity index (χ0) is 21.3. The summed E-state index contributed by atoms with van der Waals surface area (Å²) < 4.78 is 10.6. The molecule has 0 saturated carbocycles. The van der Waals surface area contributed by atoms with Gasteiger partial charge in [0, 0.05) is 40.5 Å². The van der Waals surface area contributed by atoms with Crippen molar-refractivity contribution in [2.75, 3.05) is 19.5 Å². The molecule has 2 aromatic carbocycles. The maximum absolute atomic E-state index is 13.1. The summed E-state index contributed by atoms with van der Waals surface area (Å²) in [6, 6.07) is 9.57. The van der Waals surface area contributed by atoms with Gasteiger partial charge in [-0.1, -0.05) is 29.3 Å². The number of amides is 2. The molecule has 0 atom stereocenters. The average Bonchev–Trinajstić information content (AvgIpc) is 2.91. The highest BCUT2D eigenvalue weighted by Crippen LogP contribution is 2.37. The Labute approximate surface area is 179 Å². The first-order valence-corrected chi connectivity index (χ1v) is 9.60. The zero-order valence-corrected chi connectivity index (χ0v) is 17.9. The van der Waals surface area contributed by atoms with Crippen molar-refractivity contribution in [1.82, 2.24) is 4.90 Å². The van der Waals surface area contributed by atoms with Crippen LogP contribution in [0.1, 0.15) is 19.4 Å². The van der Waals surface area contributed by atoms with E-state index in [0.717, 1.165) is 0 Å². The Balaban J connectivity index is 2.16. The summed E-state index contributed by atoms with van der Waals surface area (Å²) in [4.78, 5) is 27.4. The molecular weight excluding hydrogens is 415 g/mol. The minimum atomic E-state index is -0.437. The number of methoxy groups -OCH3 is 2. The number of halogens is 2. The van der Waals surface area contributed by atoms with Crippen LogP contribution < -0.4 is 14.8 Å². The van der Waals surface area contributed by atoms with Gasteiger partial charge < -0.3 is 14.8 Å². The molecule has 0 radical (unpaired) electrons. The number of ether oxygens (including phenoxy) is 2. The Kier molecular flexibility index (Phi) is 6.05. The summed E-state index contributed by atoms with van der Waals surface area (Å²) in [5, 5.41) is 3.78. The summed E-state index contributed by atoms with van der Waals surface area (Å²) in [5.74, 6) is 0.214. The van der Waals surface area contributed by atoms with E-state index in [4.69, 9.17) is 32.7 Å². The minimum Gasteiger partial charge on any atom is -0.497 e. The maximum atomic E-state index is 13.1. The number of carbonyl (C=O) groups is 2. The first kappa shape index (κ1) is 21.0. The molecule has 2 aromatic rings. The number of imide groups is 1. The molecule has 0 aromatic heterocycles. The van der Waals surface area contributed by atoms with E-state index >= 15 is 0 Å². The lowest BCUT2D eigenvalue weighted by Crippen LogP contribution is -2.38. The first-order chi connectivity index (χ1) is 13.8. The van der Waals surface area contributed by atoms with Gasteiger partial charge in [-0.15, -0.1) is 0 Å². The number of benzene rings is 2. The normalized spacial score (nSPS) is 14.1. The van der Waals surface area contributed by atoms with Gasteiger partial charge in [-0.3, -0.25) is 14.5 Å². The van der Waals surface area contributed by atoms with E-state index in [1.54, 1.807) is 44.2 Å². The Morgan fingerprint density at radius 3 is 2.07 bits per heavy atom. The number of anilines is 1. The van der Waals surface area contributed by atoms with Gasteiger partial charge in [-0.2, -0.15) is 0 Å². The second-order valence-corrected chi connectivity index (χ2v) is 7.52. The molecule has 0 unspecified atom stereocenters. The Hall–Kier alpha value is -2.70. The van der Waals surface area contributed by atoms with Gasteiger partial charge in [0.25, 0.3) is 11.8 Å². The predicted molar refractivity (Wildman–Crippen MR) is 114 cm³/mol. The highest BCUT2D eigenvalue weighted by Gasteiger charge is 2.41. The average molecular weight is 435 g/mol. The van der Waals surface area contributed by atoms with E-state index in [1.807, 2.05) is 0 Å². The largest absolute Gasteiger partial charge is 0.497 e. The maximum Gasteiger partial charge on any atom is 0.278 e. The van der Waals surface area contributed by atoms with Gasteiger partial charge in [-0.25, -0.2) is 0 Å². The first-order valence-electron chi connectivity index (χ1n) is 8.84. The van der Waals surface area contributed by atoms with E-state index in [1.165, 1.54) is 25.2 Å². The molecule has 0 fully saturated rings. The van der Waals surface area contributed by atoms with Gasteiger partial charge in [0.1, 0.15) is 17.2 Å². The van der Waals surface area contributed by atoms with Gasteiger partial charge in [0.15, 0.2) is 0 Å². The number of hydrogen-bond donors (Lipinski definition) is 1. The van der Waals surface area contributed by atoms with Crippen molar-refractivity contribution in [2.24, 2.45) is 0 Å². The van der Waals surface area contributed by atoms with Crippen molar-refractivity contribution in [2.45, 2.75) is 19.9 Å². The van der Waals surface area contributed by atoms with Gasteiger partial charge in [0.2, 0.25) is 0 Å². The molecule has 2 amide bonds. The molecule has 0 bridgehead atoms. The monoisotopic (exact) mass is 434 g/mol. The predicted octanol–water partition coefficient (Wildman–Crippen LogP) is 4.61. The highest BCUT2D eigenvalue weighted by atomic mass is 35.5. The van der Waals surface area contributed by atoms with Gasteiger partial charge in [0.05, 0.1) is 24.8 Å². The van der Waals surface area contributed by atoms with Crippen molar-refractivity contribution in [3.63, 3.8) is 0 Å². The molecule has 0 saturated heterocycles. The SMILES string of the molecule is COc1cc(NC2=C(c3ccc(Cl)cc3Cl)C(=O)N(C(C)C)C2=O)cc(OC)c1. The lowest BCUT2D eigenvalue weighted by Gasteiger charge is -2.19. The standard InChI is InChI=1S/C21H20Cl2N2O4/c1-11(2)25-20(26)18(16-6-5-12(22)7-17(16)23)19(21(25)27)24-13-8-14(28-3)10-15(9-13)29-4/h5-11,24H,1-4H3. The molecular formula is C21H20Cl2N2O4. The van der Waals surface area contributed by atoms with Crippen LogP contribution in [0.5, 0.6) is 11.5 Å². The fourth-order valence-electron chi connectivity index (χ4n) is 3.10. The van der Waals surface area contributed by atoms with Crippen molar-refractivity contribution in [3.8, 4) is 11.5 Å². The van der Waals surface area contributed by atoms with Crippen LogP contribution >= 0.6 is 23.2 Å². The molecule has 152 valence electrons. The molecule has 6 nitrogen and oxygen atoms in total. The molecule has 29 heavy (non-hydrogen) atoms. The molecule has 1 N–H and O–H groups in total. The lowest BCUT2D eigenvalue weighted by atomic mass is 10.0. The van der Waals surface area contributed by atoms with E-state index < -0.39 is 11.8 Å². The molecule has 1 aliphatic rings.